The van der Waals surface area contributed by atoms with Gasteiger partial charge in [-0.3, -0.25) is 4.79 Å². The molecule has 2 aromatic carbocycles. The molecule has 3 rings (SSSR count). The number of aromatic carboxylic acids is 2. The molecule has 2 aromatic rings. The highest BCUT2D eigenvalue weighted by Crippen LogP contribution is 2.18. The minimum Gasteiger partial charge on any atom is -0.478 e. The van der Waals surface area contributed by atoms with E-state index in [0.717, 1.165) is 11.1 Å². The van der Waals surface area contributed by atoms with Gasteiger partial charge in [0.2, 0.25) is 0 Å². The molecule has 3 N–H and O–H groups in total. The van der Waals surface area contributed by atoms with Crippen molar-refractivity contribution in [2.24, 2.45) is 0 Å². The Hall–Kier alpha value is -3.51. The van der Waals surface area contributed by atoms with Gasteiger partial charge in [0, 0.05) is 24.2 Å². The van der Waals surface area contributed by atoms with E-state index in [-0.39, 0.29) is 16.9 Å². The van der Waals surface area contributed by atoms with Gasteiger partial charge in [0.15, 0.2) is 5.78 Å². The van der Waals surface area contributed by atoms with Crippen LogP contribution < -0.4 is 5.32 Å². The number of piperidine rings is 1. The summed E-state index contributed by atoms with van der Waals surface area (Å²) >= 11 is 0. The Morgan fingerprint density at radius 1 is 0.741 bits per heavy atom. The summed E-state index contributed by atoms with van der Waals surface area (Å²) in [7, 11) is 0. The van der Waals surface area contributed by atoms with Crippen LogP contribution in [0.3, 0.4) is 0 Å². The third kappa shape index (κ3) is 4.37. The predicted molar refractivity (Wildman–Crippen MR) is 101 cm³/mol. The second kappa shape index (κ2) is 7.80. The molecule has 1 aliphatic heterocycles. The molecule has 1 saturated heterocycles. The molecule has 1 aliphatic rings. The summed E-state index contributed by atoms with van der Waals surface area (Å²) in [5.74, 6) is -2.08. The number of hydrogen-bond acceptors (Lipinski definition) is 4. The summed E-state index contributed by atoms with van der Waals surface area (Å²) in [6.07, 6.45) is 3.48. The van der Waals surface area contributed by atoms with Crippen molar-refractivity contribution in [3.63, 3.8) is 0 Å². The quantitative estimate of drug-likeness (QED) is 0.722. The highest BCUT2D eigenvalue weighted by molar-refractivity contribution is 6.14. The Morgan fingerprint density at radius 2 is 1.11 bits per heavy atom. The number of ketones is 1. The fraction of sp³-hybridized carbons (Fsp3) is 0.0952. The van der Waals surface area contributed by atoms with Crippen molar-refractivity contribution < 1.29 is 24.6 Å². The van der Waals surface area contributed by atoms with Crippen molar-refractivity contribution in [1.82, 2.24) is 5.32 Å². The van der Waals surface area contributed by atoms with Gasteiger partial charge in [0.05, 0.1) is 11.1 Å². The van der Waals surface area contributed by atoms with E-state index < -0.39 is 11.9 Å². The van der Waals surface area contributed by atoms with Crippen LogP contribution in [-0.2, 0) is 4.79 Å². The van der Waals surface area contributed by atoms with Gasteiger partial charge in [-0.1, -0.05) is 24.3 Å². The minimum atomic E-state index is -0.997. The van der Waals surface area contributed by atoms with Crippen molar-refractivity contribution in [2.75, 3.05) is 13.1 Å². The van der Waals surface area contributed by atoms with Crippen LogP contribution in [0.25, 0.3) is 12.2 Å². The first-order valence-electron chi connectivity index (χ1n) is 8.27. The first-order chi connectivity index (χ1) is 12.9. The highest BCUT2D eigenvalue weighted by atomic mass is 16.4. The van der Waals surface area contributed by atoms with Crippen molar-refractivity contribution >= 4 is 29.9 Å². The number of Topliss-reactive ketones (excluding diaryl/α,β-unsaturated/α-hetero) is 1. The van der Waals surface area contributed by atoms with Gasteiger partial charge in [0.25, 0.3) is 0 Å². The van der Waals surface area contributed by atoms with Crippen LogP contribution in [0, 0.1) is 0 Å². The van der Waals surface area contributed by atoms with Crippen LogP contribution in [-0.4, -0.2) is 41.0 Å². The topological polar surface area (TPSA) is 104 Å². The number of nitrogens with one attached hydrogen (secondary N) is 1. The SMILES string of the molecule is O=C1/C(=C/c2ccc(C(=O)O)cc2)CNC/C1=C\c1ccc(C(=O)O)cc1. The molecule has 27 heavy (non-hydrogen) atoms. The molecule has 0 spiro atoms. The predicted octanol–water partition coefficient (Wildman–Crippen LogP) is 2.72. The monoisotopic (exact) mass is 363 g/mol. The van der Waals surface area contributed by atoms with E-state index >= 15 is 0 Å². The number of rotatable bonds is 4. The third-order valence-corrected chi connectivity index (χ3v) is 4.21. The second-order valence-electron chi connectivity index (χ2n) is 6.13. The first kappa shape index (κ1) is 18.3. The molecule has 0 aliphatic carbocycles. The molecule has 0 amide bonds. The van der Waals surface area contributed by atoms with E-state index in [1.165, 1.54) is 24.3 Å². The molecular formula is C21H17NO5. The zero-order valence-electron chi connectivity index (χ0n) is 14.3. The van der Waals surface area contributed by atoms with Gasteiger partial charge in [-0.15, -0.1) is 0 Å². The summed E-state index contributed by atoms with van der Waals surface area (Å²) in [4.78, 5) is 34.5. The average molecular weight is 363 g/mol. The van der Waals surface area contributed by atoms with Crippen LogP contribution in [0.4, 0.5) is 0 Å². The number of hydrogen-bond donors (Lipinski definition) is 3. The molecule has 0 saturated carbocycles. The number of benzene rings is 2. The van der Waals surface area contributed by atoms with E-state index in [9.17, 15) is 14.4 Å². The van der Waals surface area contributed by atoms with Gasteiger partial charge in [-0.25, -0.2) is 9.59 Å². The van der Waals surface area contributed by atoms with Crippen LogP contribution in [0.1, 0.15) is 31.8 Å². The molecule has 1 heterocycles. The maximum Gasteiger partial charge on any atom is 0.335 e. The normalized spacial score (nSPS) is 17.3. The molecule has 0 unspecified atom stereocenters. The molecule has 0 radical (unpaired) electrons. The molecule has 0 atom stereocenters. The third-order valence-electron chi connectivity index (χ3n) is 4.21. The van der Waals surface area contributed by atoms with Crippen LogP contribution in [0.2, 0.25) is 0 Å². The average Bonchev–Trinajstić information content (AvgIpc) is 2.66. The molecule has 0 bridgehead atoms. The molecule has 6 heteroatoms. The van der Waals surface area contributed by atoms with Gasteiger partial charge in [-0.2, -0.15) is 0 Å². The van der Waals surface area contributed by atoms with Crippen LogP contribution in [0.15, 0.2) is 59.7 Å². The molecule has 6 nitrogen and oxygen atoms in total. The summed E-state index contributed by atoms with van der Waals surface area (Å²) in [6.45, 7) is 0.851. The summed E-state index contributed by atoms with van der Waals surface area (Å²) < 4.78 is 0. The summed E-state index contributed by atoms with van der Waals surface area (Å²) in [5, 5.41) is 21.1. The fourth-order valence-electron chi connectivity index (χ4n) is 2.78. The largest absolute Gasteiger partial charge is 0.478 e. The first-order valence-corrected chi connectivity index (χ1v) is 8.27. The van der Waals surface area contributed by atoms with Gasteiger partial charge in [-0.05, 0) is 47.5 Å². The standard InChI is InChI=1S/C21H17NO5/c23-19-17(9-13-1-5-15(6-2-13)20(24)25)11-22-12-18(19)10-14-3-7-16(8-4-14)21(26)27/h1-10,22H,11-12H2,(H,24,25)(H,26,27)/b17-9+,18-10+. The van der Waals surface area contributed by atoms with Crippen LogP contribution >= 0.6 is 0 Å². The van der Waals surface area contributed by atoms with Crippen molar-refractivity contribution in [3.05, 3.63) is 81.9 Å². The van der Waals surface area contributed by atoms with Gasteiger partial charge in [0.1, 0.15) is 0 Å². The molecule has 136 valence electrons. The molecule has 0 aromatic heterocycles. The lowest BCUT2D eigenvalue weighted by Crippen LogP contribution is -2.32. The van der Waals surface area contributed by atoms with E-state index in [4.69, 9.17) is 10.2 Å². The fourth-order valence-corrected chi connectivity index (χ4v) is 2.78. The number of carboxylic acids is 2. The van der Waals surface area contributed by atoms with E-state index in [0.29, 0.717) is 24.2 Å². The second-order valence-corrected chi connectivity index (χ2v) is 6.13. The highest BCUT2D eigenvalue weighted by Gasteiger charge is 2.20. The lowest BCUT2D eigenvalue weighted by Gasteiger charge is -2.18. The van der Waals surface area contributed by atoms with Crippen molar-refractivity contribution in [3.8, 4) is 0 Å². The number of carbonyl (C=O) groups excluding carboxylic acids is 1. The lowest BCUT2D eigenvalue weighted by atomic mass is 9.95. The Balaban J connectivity index is 1.82. The number of carboxylic acid groups (broad SMARTS) is 2. The maximum absolute atomic E-state index is 12.7. The Labute approximate surface area is 155 Å². The Bertz CT molecular complexity index is 876. The van der Waals surface area contributed by atoms with Gasteiger partial charge >= 0.3 is 11.9 Å². The van der Waals surface area contributed by atoms with E-state index in [1.54, 1.807) is 36.4 Å². The minimum absolute atomic E-state index is 0.0848. The van der Waals surface area contributed by atoms with Crippen molar-refractivity contribution in [1.29, 1.82) is 0 Å². The summed E-state index contributed by atoms with van der Waals surface area (Å²) in [6, 6.07) is 12.6. The zero-order valence-corrected chi connectivity index (χ0v) is 14.3. The van der Waals surface area contributed by atoms with Crippen LogP contribution in [0.5, 0.6) is 0 Å². The molecule has 1 fully saturated rings. The zero-order chi connectivity index (χ0) is 19.4. The summed E-state index contributed by atoms with van der Waals surface area (Å²) in [5.41, 5.74) is 3.04. The van der Waals surface area contributed by atoms with Gasteiger partial charge < -0.3 is 15.5 Å². The molecular weight excluding hydrogens is 346 g/mol. The van der Waals surface area contributed by atoms with Crippen molar-refractivity contribution in [2.45, 2.75) is 0 Å². The van der Waals surface area contributed by atoms with E-state index in [1.807, 2.05) is 0 Å². The number of carbonyl (C=O) groups is 3. The Kier molecular flexibility index (Phi) is 5.28. The lowest BCUT2D eigenvalue weighted by molar-refractivity contribution is -0.112. The van der Waals surface area contributed by atoms with E-state index in [2.05, 4.69) is 5.32 Å². The Morgan fingerprint density at radius 3 is 1.44 bits per heavy atom. The maximum atomic E-state index is 12.7. The smallest absolute Gasteiger partial charge is 0.335 e.